The van der Waals surface area contributed by atoms with Crippen molar-refractivity contribution in [3.63, 3.8) is 0 Å². The van der Waals surface area contributed by atoms with Gasteiger partial charge >= 0.3 is 0 Å². The molecular formula is C26H32N3O3+. The van der Waals surface area contributed by atoms with E-state index in [0.29, 0.717) is 23.5 Å². The van der Waals surface area contributed by atoms with Gasteiger partial charge in [0.15, 0.2) is 0 Å². The van der Waals surface area contributed by atoms with Crippen molar-refractivity contribution in [1.29, 1.82) is 0 Å². The maximum absolute atomic E-state index is 12.6. The Labute approximate surface area is 189 Å². The second kappa shape index (κ2) is 9.85. The number of amides is 1. The van der Waals surface area contributed by atoms with Gasteiger partial charge in [-0.2, -0.15) is 5.21 Å². The average molecular weight is 435 g/mol. The van der Waals surface area contributed by atoms with Crippen molar-refractivity contribution in [2.24, 2.45) is 5.41 Å². The smallest absolute Gasteiger partial charge is 0.251 e. The fourth-order valence-corrected chi connectivity index (χ4v) is 3.62. The molecule has 0 bridgehead atoms. The molecule has 168 valence electrons. The van der Waals surface area contributed by atoms with Crippen LogP contribution in [0.3, 0.4) is 0 Å². The number of carbonyl (C=O) groups is 1. The maximum atomic E-state index is 12.6. The van der Waals surface area contributed by atoms with Crippen molar-refractivity contribution in [3.05, 3.63) is 84.4 Å². The molecule has 0 aliphatic heterocycles. The number of hydrogen-bond acceptors (Lipinski definition) is 4. The minimum absolute atomic E-state index is 0.0261. The number of hydrogen-bond donors (Lipinski definition) is 3. The first-order valence-corrected chi connectivity index (χ1v) is 10.9. The second-order valence-electron chi connectivity index (χ2n) is 8.69. The van der Waals surface area contributed by atoms with Crippen molar-refractivity contribution in [1.82, 2.24) is 10.1 Å². The molecule has 0 spiro atoms. The summed E-state index contributed by atoms with van der Waals surface area (Å²) in [5.41, 5.74) is 7.98. The van der Waals surface area contributed by atoms with Gasteiger partial charge in [-0.15, -0.1) is 0 Å². The lowest BCUT2D eigenvalue weighted by atomic mass is 9.88. The van der Waals surface area contributed by atoms with Crippen molar-refractivity contribution < 1.29 is 14.8 Å². The lowest BCUT2D eigenvalue weighted by Gasteiger charge is -2.27. The summed E-state index contributed by atoms with van der Waals surface area (Å²) in [7, 11) is 0. The highest BCUT2D eigenvalue weighted by Crippen LogP contribution is 2.36. The number of anilines is 1. The van der Waals surface area contributed by atoms with Crippen molar-refractivity contribution in [3.8, 4) is 5.75 Å². The van der Waals surface area contributed by atoms with Crippen LogP contribution in [0.1, 0.15) is 44.0 Å². The number of nitrogens with two attached hydrogens (primary N) is 1. The fraction of sp³-hybridized carbons (Fsp3) is 0.269. The van der Waals surface area contributed by atoms with Crippen LogP contribution in [0.2, 0.25) is 0 Å². The highest BCUT2D eigenvalue weighted by molar-refractivity contribution is 5.95. The lowest BCUT2D eigenvalue weighted by Crippen LogP contribution is -2.44. The van der Waals surface area contributed by atoms with E-state index in [2.05, 4.69) is 26.1 Å². The Bertz CT molecular complexity index is 997. The Morgan fingerprint density at radius 2 is 1.56 bits per heavy atom. The predicted octanol–water partition coefficient (Wildman–Crippen LogP) is 5.85. The largest absolute Gasteiger partial charge is 0.395 e. The summed E-state index contributed by atoms with van der Waals surface area (Å²) >= 11 is 0. The zero-order valence-electron chi connectivity index (χ0n) is 18.9. The van der Waals surface area contributed by atoms with E-state index in [9.17, 15) is 10.0 Å². The Morgan fingerprint density at radius 3 is 2.06 bits per heavy atom. The van der Waals surface area contributed by atoms with Crippen LogP contribution in [0.5, 0.6) is 5.75 Å². The Balaban J connectivity index is 1.84. The molecule has 4 N–H and O–H groups in total. The van der Waals surface area contributed by atoms with Gasteiger partial charge in [0.2, 0.25) is 17.1 Å². The molecule has 3 aromatic rings. The number of rotatable bonds is 9. The van der Waals surface area contributed by atoms with Crippen molar-refractivity contribution >= 4 is 23.0 Å². The van der Waals surface area contributed by atoms with E-state index >= 15 is 0 Å². The Hall–Kier alpha value is -3.35. The van der Waals surface area contributed by atoms with Gasteiger partial charge in [0.05, 0.1) is 10.5 Å². The van der Waals surface area contributed by atoms with E-state index in [1.54, 1.807) is 42.5 Å². The molecule has 0 aliphatic rings. The SMILES string of the molecule is CCCC(C)(C)CNC(=O)c1ccc(O[N+](O)(c2ccccc2)c2ccccc2)c(N)c1. The third kappa shape index (κ3) is 5.46. The van der Waals surface area contributed by atoms with Gasteiger partial charge in [-0.05, 0) is 30.0 Å². The third-order valence-corrected chi connectivity index (χ3v) is 5.37. The molecule has 0 atom stereocenters. The van der Waals surface area contributed by atoms with Crippen molar-refractivity contribution in [2.75, 3.05) is 12.3 Å². The molecule has 6 heteroatoms. The van der Waals surface area contributed by atoms with E-state index in [0.717, 1.165) is 12.8 Å². The van der Waals surface area contributed by atoms with Crippen LogP contribution in [0.25, 0.3) is 0 Å². The van der Waals surface area contributed by atoms with Gasteiger partial charge in [-0.1, -0.05) is 63.6 Å². The zero-order valence-corrected chi connectivity index (χ0v) is 18.9. The molecule has 0 radical (unpaired) electrons. The molecule has 32 heavy (non-hydrogen) atoms. The number of para-hydroxylation sites is 2. The summed E-state index contributed by atoms with van der Waals surface area (Å²) in [4.78, 5) is 17.7. The van der Waals surface area contributed by atoms with Crippen LogP contribution >= 0.6 is 0 Å². The van der Waals surface area contributed by atoms with Crippen LogP contribution < -0.4 is 20.7 Å². The Kier molecular flexibility index (Phi) is 7.18. The first-order valence-electron chi connectivity index (χ1n) is 10.9. The molecule has 3 aromatic carbocycles. The molecule has 0 heterocycles. The van der Waals surface area contributed by atoms with E-state index in [1.807, 2.05) is 36.4 Å². The number of carbonyl (C=O) groups excluding carboxylic acids is 1. The molecule has 0 unspecified atom stereocenters. The van der Waals surface area contributed by atoms with Crippen LogP contribution in [0, 0.1) is 5.41 Å². The summed E-state index contributed by atoms with van der Waals surface area (Å²) < 4.78 is 0. The van der Waals surface area contributed by atoms with E-state index in [4.69, 9.17) is 10.6 Å². The first kappa shape index (κ1) is 23.3. The van der Waals surface area contributed by atoms with Crippen LogP contribution in [0.4, 0.5) is 17.1 Å². The Morgan fingerprint density at radius 1 is 1.00 bits per heavy atom. The third-order valence-electron chi connectivity index (χ3n) is 5.37. The molecule has 0 saturated carbocycles. The summed E-state index contributed by atoms with van der Waals surface area (Å²) in [6, 6.07) is 22.9. The van der Waals surface area contributed by atoms with E-state index < -0.39 is 4.81 Å². The molecule has 3 rings (SSSR count). The minimum atomic E-state index is -0.914. The first-order chi connectivity index (χ1) is 15.2. The molecule has 1 amide bonds. The molecule has 0 fully saturated rings. The van der Waals surface area contributed by atoms with Gasteiger partial charge in [-0.3, -0.25) is 9.63 Å². The molecule has 0 aliphatic carbocycles. The zero-order chi connectivity index (χ0) is 23.2. The number of nitrogen functional groups attached to an aromatic ring is 1. The normalized spacial score (nSPS) is 11.8. The van der Waals surface area contributed by atoms with Gasteiger partial charge in [0, 0.05) is 36.4 Å². The van der Waals surface area contributed by atoms with Gasteiger partial charge in [-0.25, -0.2) is 0 Å². The van der Waals surface area contributed by atoms with Crippen LogP contribution in [0.15, 0.2) is 78.9 Å². The van der Waals surface area contributed by atoms with Crippen LogP contribution in [-0.2, 0) is 0 Å². The molecule has 0 saturated heterocycles. The lowest BCUT2D eigenvalue weighted by molar-refractivity contribution is -0.219. The number of benzene rings is 3. The summed E-state index contributed by atoms with van der Waals surface area (Å²) in [6.07, 6.45) is 2.09. The standard InChI is InChI=1S/C26H31N3O3/c1-4-17-26(2,3)19-28-25(30)20-15-16-24(23(27)18-20)32-29(31,21-11-7-5-8-12-21)22-13-9-6-10-14-22/h5-16,18,31H,4,17,19,27H2,1-3H3/p+1. The molecule has 6 nitrogen and oxygen atoms in total. The second-order valence-corrected chi connectivity index (χ2v) is 8.69. The topological polar surface area (TPSA) is 84.6 Å². The minimum Gasteiger partial charge on any atom is -0.395 e. The number of nitrogens with zero attached hydrogens (tertiary/aromatic N) is 1. The number of quaternary nitrogens is 1. The highest BCUT2D eigenvalue weighted by atomic mass is 16.9. The summed E-state index contributed by atoms with van der Waals surface area (Å²) in [5.74, 6) is 0.0753. The molecule has 0 aromatic heterocycles. The summed E-state index contributed by atoms with van der Waals surface area (Å²) in [5, 5.41) is 14.5. The monoisotopic (exact) mass is 434 g/mol. The van der Waals surface area contributed by atoms with E-state index in [-0.39, 0.29) is 22.8 Å². The van der Waals surface area contributed by atoms with Gasteiger partial charge in [0.1, 0.15) is 0 Å². The highest BCUT2D eigenvalue weighted by Gasteiger charge is 2.37. The summed E-state index contributed by atoms with van der Waals surface area (Å²) in [6.45, 7) is 6.98. The van der Waals surface area contributed by atoms with E-state index in [1.165, 1.54) is 0 Å². The predicted molar refractivity (Wildman–Crippen MR) is 129 cm³/mol. The maximum Gasteiger partial charge on any atom is 0.251 e. The van der Waals surface area contributed by atoms with Crippen LogP contribution in [-0.4, -0.2) is 17.7 Å². The molecular weight excluding hydrogens is 402 g/mol. The van der Waals surface area contributed by atoms with Crippen molar-refractivity contribution in [2.45, 2.75) is 33.6 Å². The number of nitrogens with one attached hydrogen (secondary N) is 1. The average Bonchev–Trinajstić information content (AvgIpc) is 2.80. The van der Waals surface area contributed by atoms with Gasteiger partial charge in [0.25, 0.3) is 5.91 Å². The van der Waals surface area contributed by atoms with Gasteiger partial charge < -0.3 is 11.1 Å². The fourth-order valence-electron chi connectivity index (χ4n) is 3.62. The quantitative estimate of drug-likeness (QED) is 0.224.